The quantitative estimate of drug-likeness (QED) is 0.550. The third-order valence-corrected chi connectivity index (χ3v) is 3.30. The number of fused-ring (bicyclic) bond motifs is 2. The molecule has 0 bridgehead atoms. The number of amides is 3. The highest BCUT2D eigenvalue weighted by Crippen LogP contribution is 2.42. The second-order valence-corrected chi connectivity index (χ2v) is 4.12. The molecular formula is C11H10N2O3. The molecule has 5 nitrogen and oxygen atoms in total. The highest BCUT2D eigenvalue weighted by atomic mass is 16.3. The van der Waals surface area contributed by atoms with Crippen molar-refractivity contribution in [3.63, 3.8) is 0 Å². The zero-order chi connectivity index (χ0) is 11.3. The lowest BCUT2D eigenvalue weighted by Crippen LogP contribution is -2.41. The highest BCUT2D eigenvalue weighted by Gasteiger charge is 2.51. The van der Waals surface area contributed by atoms with Gasteiger partial charge in [-0.2, -0.15) is 0 Å². The van der Waals surface area contributed by atoms with Crippen LogP contribution in [0, 0.1) is 0 Å². The minimum absolute atomic E-state index is 0.184. The maximum Gasteiger partial charge on any atom is 0.322 e. The molecule has 1 fully saturated rings. The number of phenols is 1. The molecule has 1 aliphatic carbocycles. The highest BCUT2D eigenvalue weighted by molar-refractivity contribution is 6.08. The largest absolute Gasteiger partial charge is 0.508 e. The van der Waals surface area contributed by atoms with Crippen LogP contribution in [0.2, 0.25) is 0 Å². The van der Waals surface area contributed by atoms with Crippen molar-refractivity contribution in [1.82, 2.24) is 10.6 Å². The molecule has 1 aliphatic heterocycles. The van der Waals surface area contributed by atoms with Crippen molar-refractivity contribution in [1.29, 1.82) is 0 Å². The molecule has 1 aromatic rings. The van der Waals surface area contributed by atoms with E-state index in [1.54, 1.807) is 18.2 Å². The Morgan fingerprint density at radius 1 is 1.31 bits per heavy atom. The number of rotatable bonds is 0. The van der Waals surface area contributed by atoms with Crippen LogP contribution in [0.5, 0.6) is 5.75 Å². The average molecular weight is 218 g/mol. The maximum absolute atomic E-state index is 11.8. The number of phenolic OH excluding ortho intramolecular Hbond substituents is 1. The topological polar surface area (TPSA) is 78.4 Å². The monoisotopic (exact) mass is 218 g/mol. The van der Waals surface area contributed by atoms with Crippen LogP contribution in [0.15, 0.2) is 18.2 Å². The molecule has 82 valence electrons. The summed E-state index contributed by atoms with van der Waals surface area (Å²) in [6.45, 7) is 0. The number of hydrogen-bond acceptors (Lipinski definition) is 3. The van der Waals surface area contributed by atoms with Gasteiger partial charge >= 0.3 is 6.03 Å². The molecule has 5 heteroatoms. The zero-order valence-corrected chi connectivity index (χ0v) is 8.41. The van der Waals surface area contributed by atoms with Crippen LogP contribution in [0.25, 0.3) is 0 Å². The number of nitrogens with one attached hydrogen (secondary N) is 2. The van der Waals surface area contributed by atoms with E-state index in [2.05, 4.69) is 10.6 Å². The van der Waals surface area contributed by atoms with Crippen molar-refractivity contribution < 1.29 is 14.7 Å². The van der Waals surface area contributed by atoms with E-state index in [0.29, 0.717) is 18.4 Å². The standard InChI is InChI=1S/C11H10N2O3/c14-8-3-1-2-7-6(8)4-5-11(7)9(15)12-10(16)13-11/h1-3,14H,4-5H2,(H2,12,13,15,16). The van der Waals surface area contributed by atoms with Crippen LogP contribution < -0.4 is 10.6 Å². The van der Waals surface area contributed by atoms with Gasteiger partial charge in [0.2, 0.25) is 0 Å². The van der Waals surface area contributed by atoms with Gasteiger partial charge in [0.15, 0.2) is 0 Å². The summed E-state index contributed by atoms with van der Waals surface area (Å²) in [6, 6.07) is 4.57. The predicted molar refractivity (Wildman–Crippen MR) is 54.8 cm³/mol. The fourth-order valence-electron chi connectivity index (χ4n) is 2.54. The molecule has 1 aromatic carbocycles. The Hall–Kier alpha value is -2.04. The van der Waals surface area contributed by atoms with Gasteiger partial charge < -0.3 is 10.4 Å². The Morgan fingerprint density at radius 3 is 2.81 bits per heavy atom. The maximum atomic E-state index is 11.8. The number of urea groups is 1. The Labute approximate surface area is 91.5 Å². The van der Waals surface area contributed by atoms with Crippen molar-refractivity contribution >= 4 is 11.9 Å². The van der Waals surface area contributed by atoms with Crippen molar-refractivity contribution in [2.24, 2.45) is 0 Å². The average Bonchev–Trinajstić information content (AvgIpc) is 2.72. The summed E-state index contributed by atoms with van der Waals surface area (Å²) >= 11 is 0. The van der Waals surface area contributed by atoms with Gasteiger partial charge in [0.25, 0.3) is 5.91 Å². The van der Waals surface area contributed by atoms with E-state index < -0.39 is 11.6 Å². The molecule has 0 radical (unpaired) electrons. The first-order chi connectivity index (χ1) is 7.63. The van der Waals surface area contributed by atoms with Gasteiger partial charge in [-0.3, -0.25) is 10.1 Å². The Balaban J connectivity index is 2.19. The van der Waals surface area contributed by atoms with Gasteiger partial charge in [0.05, 0.1) is 0 Å². The van der Waals surface area contributed by atoms with Crippen LogP contribution in [-0.2, 0) is 16.8 Å². The molecule has 2 aliphatic rings. The number of hydrogen-bond donors (Lipinski definition) is 3. The number of carbonyl (C=O) groups is 2. The summed E-state index contributed by atoms with van der Waals surface area (Å²) in [6.07, 6.45) is 1.09. The summed E-state index contributed by atoms with van der Waals surface area (Å²) in [4.78, 5) is 23.0. The van der Waals surface area contributed by atoms with E-state index in [0.717, 1.165) is 5.56 Å². The second-order valence-electron chi connectivity index (χ2n) is 4.12. The number of imide groups is 1. The van der Waals surface area contributed by atoms with Crippen LogP contribution in [0.3, 0.4) is 0 Å². The molecular weight excluding hydrogens is 208 g/mol. The van der Waals surface area contributed by atoms with E-state index in [1.165, 1.54) is 0 Å². The molecule has 3 rings (SSSR count). The van der Waals surface area contributed by atoms with E-state index in [1.807, 2.05) is 0 Å². The number of benzene rings is 1. The third kappa shape index (κ3) is 0.946. The van der Waals surface area contributed by atoms with Crippen LogP contribution in [-0.4, -0.2) is 17.0 Å². The van der Waals surface area contributed by atoms with Gasteiger partial charge in [-0.15, -0.1) is 0 Å². The van der Waals surface area contributed by atoms with Crippen molar-refractivity contribution in [2.45, 2.75) is 18.4 Å². The minimum atomic E-state index is -0.967. The first kappa shape index (κ1) is 9.21. The lowest BCUT2D eigenvalue weighted by Gasteiger charge is -2.20. The van der Waals surface area contributed by atoms with Gasteiger partial charge in [0.1, 0.15) is 11.3 Å². The van der Waals surface area contributed by atoms with Gasteiger partial charge in [-0.1, -0.05) is 12.1 Å². The lowest BCUT2D eigenvalue weighted by atomic mass is 9.92. The Bertz CT molecular complexity index is 512. The van der Waals surface area contributed by atoms with Gasteiger partial charge in [0, 0.05) is 5.56 Å². The first-order valence-electron chi connectivity index (χ1n) is 5.08. The zero-order valence-electron chi connectivity index (χ0n) is 8.41. The van der Waals surface area contributed by atoms with E-state index >= 15 is 0 Å². The SMILES string of the molecule is O=C1NC(=O)C2(CCc3c(O)cccc32)N1. The summed E-state index contributed by atoms with van der Waals surface area (Å²) in [7, 11) is 0. The normalized spacial score (nSPS) is 26.8. The van der Waals surface area contributed by atoms with E-state index in [-0.39, 0.29) is 11.7 Å². The third-order valence-electron chi connectivity index (χ3n) is 3.30. The molecule has 1 heterocycles. The first-order valence-corrected chi connectivity index (χ1v) is 5.08. The van der Waals surface area contributed by atoms with Crippen molar-refractivity contribution in [3.05, 3.63) is 29.3 Å². The van der Waals surface area contributed by atoms with Crippen molar-refractivity contribution in [3.8, 4) is 5.75 Å². The fraction of sp³-hybridized carbons (Fsp3) is 0.273. The van der Waals surface area contributed by atoms with Crippen molar-refractivity contribution in [2.75, 3.05) is 0 Å². The molecule has 1 saturated heterocycles. The smallest absolute Gasteiger partial charge is 0.322 e. The lowest BCUT2D eigenvalue weighted by molar-refractivity contribution is -0.124. The summed E-state index contributed by atoms with van der Waals surface area (Å²) < 4.78 is 0. The van der Waals surface area contributed by atoms with E-state index in [4.69, 9.17) is 0 Å². The molecule has 16 heavy (non-hydrogen) atoms. The summed E-state index contributed by atoms with van der Waals surface area (Å²) in [5.74, 6) is -0.148. The van der Waals surface area contributed by atoms with Crippen LogP contribution in [0.4, 0.5) is 4.79 Å². The fourth-order valence-corrected chi connectivity index (χ4v) is 2.54. The van der Waals surface area contributed by atoms with Crippen LogP contribution >= 0.6 is 0 Å². The summed E-state index contributed by atoms with van der Waals surface area (Å²) in [5.41, 5.74) is 0.487. The predicted octanol–water partition coefficient (Wildman–Crippen LogP) is 0.373. The molecule has 3 N–H and O–H groups in total. The summed E-state index contributed by atoms with van der Waals surface area (Å²) in [5, 5.41) is 14.6. The Morgan fingerprint density at radius 2 is 2.12 bits per heavy atom. The van der Waals surface area contributed by atoms with Gasteiger partial charge in [-0.05, 0) is 24.5 Å². The Kier molecular flexibility index (Phi) is 1.58. The molecule has 0 saturated carbocycles. The van der Waals surface area contributed by atoms with E-state index in [9.17, 15) is 14.7 Å². The molecule has 1 atom stereocenters. The second kappa shape index (κ2) is 2.75. The number of aromatic hydroxyl groups is 1. The molecule has 3 amide bonds. The van der Waals surface area contributed by atoms with Gasteiger partial charge in [-0.25, -0.2) is 4.79 Å². The van der Waals surface area contributed by atoms with Crippen LogP contribution in [0.1, 0.15) is 17.5 Å². The molecule has 1 unspecified atom stereocenters. The minimum Gasteiger partial charge on any atom is -0.508 e. The molecule has 0 aromatic heterocycles. The molecule has 1 spiro atoms. The number of carbonyl (C=O) groups excluding carboxylic acids is 2.